The first kappa shape index (κ1) is 11.2. The van der Waals surface area contributed by atoms with Crippen molar-refractivity contribution in [2.45, 2.75) is 25.1 Å². The molecule has 2 aromatic rings. The number of aryl methyl sites for hydroxylation is 1. The van der Waals surface area contributed by atoms with Crippen LogP contribution in [0.4, 0.5) is 0 Å². The van der Waals surface area contributed by atoms with Gasteiger partial charge < -0.3 is 0 Å². The van der Waals surface area contributed by atoms with Crippen LogP contribution in [0, 0.1) is 0 Å². The molecule has 0 saturated carbocycles. The summed E-state index contributed by atoms with van der Waals surface area (Å²) in [6.07, 6.45) is 5.89. The average molecular weight is 235 g/mol. The second kappa shape index (κ2) is 5.17. The quantitative estimate of drug-likeness (QED) is 0.804. The fourth-order valence-corrected chi connectivity index (χ4v) is 2.00. The molecule has 2 rings (SSSR count). The Bertz CT molecular complexity index is 420. The number of hydrogen-bond acceptors (Lipinski definition) is 1. The molecule has 0 amide bonds. The van der Waals surface area contributed by atoms with Crippen molar-refractivity contribution in [2.75, 3.05) is 0 Å². The summed E-state index contributed by atoms with van der Waals surface area (Å²) in [6.45, 7) is 2.18. The topological polar surface area (TPSA) is 28.7 Å². The number of alkyl halides is 1. The van der Waals surface area contributed by atoms with Gasteiger partial charge in [-0.1, -0.05) is 37.6 Å². The lowest BCUT2D eigenvalue weighted by Gasteiger charge is -2.08. The SMILES string of the molecule is CCCc1ccc(C(Cl)c2cn[nH]c2)cc1. The van der Waals surface area contributed by atoms with Gasteiger partial charge in [-0.15, -0.1) is 11.6 Å². The van der Waals surface area contributed by atoms with E-state index in [1.807, 2.05) is 6.20 Å². The molecular weight excluding hydrogens is 220 g/mol. The van der Waals surface area contributed by atoms with Crippen molar-refractivity contribution in [3.05, 3.63) is 53.3 Å². The number of nitrogens with one attached hydrogen (secondary N) is 1. The largest absolute Gasteiger partial charge is 0.285 e. The number of benzene rings is 1. The first-order valence-electron chi connectivity index (χ1n) is 5.53. The first-order chi connectivity index (χ1) is 7.81. The van der Waals surface area contributed by atoms with Crippen LogP contribution in [0.25, 0.3) is 0 Å². The molecule has 1 aromatic heterocycles. The van der Waals surface area contributed by atoms with Gasteiger partial charge in [-0.25, -0.2) is 0 Å². The lowest BCUT2D eigenvalue weighted by molar-refractivity contribution is 0.920. The molecule has 3 heteroatoms. The van der Waals surface area contributed by atoms with E-state index in [1.165, 1.54) is 12.0 Å². The Hall–Kier alpha value is -1.28. The van der Waals surface area contributed by atoms with Crippen LogP contribution in [0.3, 0.4) is 0 Å². The summed E-state index contributed by atoms with van der Waals surface area (Å²) in [5.74, 6) is 0. The molecule has 0 aliphatic rings. The molecule has 1 atom stereocenters. The van der Waals surface area contributed by atoms with E-state index in [9.17, 15) is 0 Å². The zero-order valence-electron chi connectivity index (χ0n) is 9.28. The van der Waals surface area contributed by atoms with Crippen molar-refractivity contribution < 1.29 is 0 Å². The number of rotatable bonds is 4. The number of hydrogen-bond donors (Lipinski definition) is 1. The third-order valence-corrected chi connectivity index (χ3v) is 3.13. The second-order valence-corrected chi connectivity index (χ2v) is 4.32. The highest BCUT2D eigenvalue weighted by atomic mass is 35.5. The predicted octanol–water partition coefficient (Wildman–Crippen LogP) is 3.69. The molecule has 1 N–H and O–H groups in total. The van der Waals surface area contributed by atoms with Crippen LogP contribution in [0.1, 0.15) is 35.4 Å². The van der Waals surface area contributed by atoms with Gasteiger partial charge in [0.15, 0.2) is 0 Å². The summed E-state index contributed by atoms with van der Waals surface area (Å²) in [4.78, 5) is 0. The number of aromatic amines is 1. The number of nitrogens with zero attached hydrogens (tertiary/aromatic N) is 1. The van der Waals surface area contributed by atoms with Crippen LogP contribution < -0.4 is 0 Å². The molecule has 1 aromatic carbocycles. The highest BCUT2D eigenvalue weighted by Gasteiger charge is 2.11. The summed E-state index contributed by atoms with van der Waals surface area (Å²) < 4.78 is 0. The van der Waals surface area contributed by atoms with Crippen molar-refractivity contribution in [2.24, 2.45) is 0 Å². The maximum atomic E-state index is 6.34. The van der Waals surface area contributed by atoms with Crippen LogP contribution in [0.15, 0.2) is 36.7 Å². The maximum absolute atomic E-state index is 6.34. The molecule has 0 saturated heterocycles. The van der Waals surface area contributed by atoms with E-state index >= 15 is 0 Å². The highest BCUT2D eigenvalue weighted by molar-refractivity contribution is 6.22. The number of halogens is 1. The second-order valence-electron chi connectivity index (χ2n) is 3.89. The van der Waals surface area contributed by atoms with Gasteiger partial charge in [-0.05, 0) is 17.5 Å². The predicted molar refractivity (Wildman–Crippen MR) is 66.7 cm³/mol. The fourth-order valence-electron chi connectivity index (χ4n) is 1.73. The van der Waals surface area contributed by atoms with Crippen LogP contribution in [-0.4, -0.2) is 10.2 Å². The third-order valence-electron chi connectivity index (χ3n) is 2.62. The third kappa shape index (κ3) is 2.45. The van der Waals surface area contributed by atoms with Crippen molar-refractivity contribution in [1.82, 2.24) is 10.2 Å². The van der Waals surface area contributed by atoms with Crippen molar-refractivity contribution >= 4 is 11.6 Å². The molecule has 0 spiro atoms. The average Bonchev–Trinajstić information content (AvgIpc) is 2.83. The van der Waals surface area contributed by atoms with Crippen LogP contribution in [0.2, 0.25) is 0 Å². The Balaban J connectivity index is 2.15. The van der Waals surface area contributed by atoms with Crippen molar-refractivity contribution in [3.8, 4) is 0 Å². The van der Waals surface area contributed by atoms with Gasteiger partial charge in [0, 0.05) is 11.8 Å². The molecule has 0 radical (unpaired) electrons. The van der Waals surface area contributed by atoms with E-state index in [0.717, 1.165) is 17.5 Å². The zero-order chi connectivity index (χ0) is 11.4. The summed E-state index contributed by atoms with van der Waals surface area (Å²) in [7, 11) is 0. The van der Waals surface area contributed by atoms with Gasteiger partial charge in [-0.3, -0.25) is 5.10 Å². The van der Waals surface area contributed by atoms with Gasteiger partial charge in [0.25, 0.3) is 0 Å². The molecule has 2 nitrogen and oxygen atoms in total. The van der Waals surface area contributed by atoms with Gasteiger partial charge >= 0.3 is 0 Å². The van der Waals surface area contributed by atoms with Crippen LogP contribution in [-0.2, 0) is 6.42 Å². The van der Waals surface area contributed by atoms with Gasteiger partial charge in [-0.2, -0.15) is 5.10 Å². The first-order valence-corrected chi connectivity index (χ1v) is 5.96. The Labute approximate surface area is 101 Å². The molecular formula is C13H15ClN2. The minimum absolute atomic E-state index is 0.116. The highest BCUT2D eigenvalue weighted by Crippen LogP contribution is 2.27. The molecule has 0 aliphatic carbocycles. The van der Waals surface area contributed by atoms with E-state index in [2.05, 4.69) is 41.4 Å². The van der Waals surface area contributed by atoms with E-state index in [4.69, 9.17) is 11.6 Å². The molecule has 0 fully saturated rings. The Kier molecular flexibility index (Phi) is 3.62. The fraction of sp³-hybridized carbons (Fsp3) is 0.308. The monoisotopic (exact) mass is 234 g/mol. The van der Waals surface area contributed by atoms with E-state index in [-0.39, 0.29) is 5.38 Å². The van der Waals surface area contributed by atoms with E-state index < -0.39 is 0 Å². The lowest BCUT2D eigenvalue weighted by Crippen LogP contribution is -1.92. The Morgan fingerprint density at radius 3 is 2.56 bits per heavy atom. The van der Waals surface area contributed by atoms with Gasteiger partial charge in [0.2, 0.25) is 0 Å². The molecule has 1 unspecified atom stereocenters. The molecule has 84 valence electrons. The molecule has 0 bridgehead atoms. The Morgan fingerprint density at radius 2 is 2.00 bits per heavy atom. The van der Waals surface area contributed by atoms with E-state index in [1.54, 1.807) is 6.20 Å². The number of aromatic nitrogens is 2. The molecule has 1 heterocycles. The van der Waals surface area contributed by atoms with Gasteiger partial charge in [0.05, 0.1) is 11.6 Å². The summed E-state index contributed by atoms with van der Waals surface area (Å²) >= 11 is 6.34. The summed E-state index contributed by atoms with van der Waals surface area (Å²) in [5.41, 5.74) is 3.48. The summed E-state index contributed by atoms with van der Waals surface area (Å²) in [6, 6.07) is 8.48. The molecule has 16 heavy (non-hydrogen) atoms. The normalized spacial score (nSPS) is 12.6. The minimum atomic E-state index is -0.116. The maximum Gasteiger partial charge on any atom is 0.0865 e. The smallest absolute Gasteiger partial charge is 0.0865 e. The lowest BCUT2D eigenvalue weighted by atomic mass is 10.0. The van der Waals surface area contributed by atoms with Crippen molar-refractivity contribution in [1.29, 1.82) is 0 Å². The zero-order valence-corrected chi connectivity index (χ0v) is 10.0. The summed E-state index contributed by atoms with van der Waals surface area (Å²) in [5, 5.41) is 6.57. The standard InChI is InChI=1S/C13H15ClN2/c1-2-3-10-4-6-11(7-5-10)13(14)12-8-15-16-9-12/h4-9,13H,2-3H2,1H3,(H,15,16). The van der Waals surface area contributed by atoms with Crippen LogP contribution >= 0.6 is 11.6 Å². The van der Waals surface area contributed by atoms with Gasteiger partial charge in [0.1, 0.15) is 0 Å². The van der Waals surface area contributed by atoms with Crippen molar-refractivity contribution in [3.63, 3.8) is 0 Å². The van der Waals surface area contributed by atoms with Crippen LogP contribution in [0.5, 0.6) is 0 Å². The number of H-pyrrole nitrogens is 1. The Morgan fingerprint density at radius 1 is 1.25 bits per heavy atom. The molecule has 0 aliphatic heterocycles. The minimum Gasteiger partial charge on any atom is -0.285 e. The van der Waals surface area contributed by atoms with E-state index in [0.29, 0.717) is 0 Å².